The molecule has 5 nitrogen and oxygen atoms in total. The number of carboxylic acid groups (broad SMARTS) is 1. The van der Waals surface area contributed by atoms with Gasteiger partial charge < -0.3 is 14.4 Å². The van der Waals surface area contributed by atoms with Crippen LogP contribution in [0.15, 0.2) is 150 Å². The normalized spacial score (nSPS) is 14.8. The highest BCUT2D eigenvalue weighted by molar-refractivity contribution is 7.16. The summed E-state index contributed by atoms with van der Waals surface area (Å²) in [7, 11) is 0. The van der Waals surface area contributed by atoms with Crippen LogP contribution in [0.25, 0.3) is 87.7 Å². The van der Waals surface area contributed by atoms with Crippen LogP contribution in [0.4, 0.5) is 32.0 Å². The van der Waals surface area contributed by atoms with E-state index in [0.29, 0.717) is 37.8 Å². The second kappa shape index (κ2) is 19.2. The van der Waals surface area contributed by atoms with Crippen molar-refractivity contribution < 1.29 is 40.7 Å². The maximum Gasteiger partial charge on any atom is 0.380 e. The first kappa shape index (κ1) is 50.3. The first-order chi connectivity index (χ1) is 35.4. The fourth-order valence-corrected chi connectivity index (χ4v) is 12.4. The van der Waals surface area contributed by atoms with E-state index in [9.17, 15) is 9.90 Å². The van der Waals surface area contributed by atoms with Crippen LogP contribution in [0.2, 0.25) is 0 Å². The van der Waals surface area contributed by atoms with Crippen molar-refractivity contribution in [2.24, 2.45) is 0 Å². The summed E-state index contributed by atoms with van der Waals surface area (Å²) in [4.78, 5) is 16.6. The summed E-state index contributed by atoms with van der Waals surface area (Å²) >= 11 is 2.15. The zero-order valence-corrected chi connectivity index (χ0v) is 43.1. The molecule has 2 aromatic heterocycles. The molecule has 5 aromatic carbocycles. The minimum absolute atomic E-state index is 0.146. The molecule has 1 aliphatic heterocycles. The quantitative estimate of drug-likeness (QED) is 0.0710. The van der Waals surface area contributed by atoms with E-state index in [2.05, 4.69) is 37.2 Å². The Morgan fingerprint density at radius 1 is 0.568 bits per heavy atom. The monoisotopic (exact) mass is 1040 g/mol. The molecule has 376 valence electrons. The number of rotatable bonds is 13. The molecule has 0 bridgehead atoms. The van der Waals surface area contributed by atoms with Crippen LogP contribution in [0, 0.1) is 13.8 Å². The zero-order valence-electron chi connectivity index (χ0n) is 41.4. The molecule has 0 saturated heterocycles. The van der Waals surface area contributed by atoms with Crippen LogP contribution in [0.3, 0.4) is 0 Å². The highest BCUT2D eigenvalue weighted by Crippen LogP contribution is 2.66. The van der Waals surface area contributed by atoms with Gasteiger partial charge in [-0.2, -0.15) is 26.3 Å². The Morgan fingerprint density at radius 2 is 1.08 bits per heavy atom. The highest BCUT2D eigenvalue weighted by atomic mass is 32.1. The average molecular weight is 1040 g/mol. The van der Waals surface area contributed by atoms with Crippen molar-refractivity contribution >= 4 is 56.4 Å². The Bertz CT molecular complexity index is 3690. The predicted molar refractivity (Wildman–Crippen MR) is 290 cm³/mol. The molecule has 0 saturated carbocycles. The molecule has 0 unspecified atom stereocenters. The third kappa shape index (κ3) is 8.34. The third-order valence-corrected chi connectivity index (χ3v) is 16.5. The molecular weight excluding hydrogens is 987 g/mol. The molecule has 74 heavy (non-hydrogen) atoms. The Balaban J connectivity index is 0.995. The van der Waals surface area contributed by atoms with Gasteiger partial charge in [0.2, 0.25) is 5.36 Å². The SMILES string of the molecule is CCN(CC)c1ccc2c(-c3cc(-c4ccc(-c5ccc(-c6cc(C7=C(c8cc(-c9ccccc9)sc8C)C(F)(F)C(F)(F)C7(F)F)c(C)s6)cc5)cc4)ccc3C(=O)O)c3ccc(=[N+](CC)CC)cc-3oc2c1. The summed E-state index contributed by atoms with van der Waals surface area (Å²) in [6, 6.07) is 44.0. The van der Waals surface area contributed by atoms with Crippen molar-refractivity contribution in [2.45, 2.75) is 59.3 Å². The highest BCUT2D eigenvalue weighted by Gasteiger charge is 2.80. The minimum atomic E-state index is -5.67. The lowest BCUT2D eigenvalue weighted by atomic mass is 9.88. The predicted octanol–water partition coefficient (Wildman–Crippen LogP) is 16.8. The van der Waals surface area contributed by atoms with Crippen molar-refractivity contribution in [1.29, 1.82) is 0 Å². The van der Waals surface area contributed by atoms with Gasteiger partial charge in [0.05, 0.1) is 11.6 Å². The molecular formula is C61H51F6N2O3S2+. The Hall–Kier alpha value is -7.22. The van der Waals surface area contributed by atoms with E-state index in [1.807, 2.05) is 78.9 Å². The number of allylic oxidation sites excluding steroid dienone is 2. The van der Waals surface area contributed by atoms with Gasteiger partial charge in [0.25, 0.3) is 0 Å². The van der Waals surface area contributed by atoms with Crippen molar-refractivity contribution in [3.63, 3.8) is 0 Å². The summed E-state index contributed by atoms with van der Waals surface area (Å²) in [6.45, 7) is 14.6. The van der Waals surface area contributed by atoms with Crippen LogP contribution in [0.1, 0.15) is 58.9 Å². The van der Waals surface area contributed by atoms with E-state index in [1.54, 1.807) is 54.6 Å². The van der Waals surface area contributed by atoms with Gasteiger partial charge in [0, 0.05) is 78.1 Å². The number of halogens is 6. The van der Waals surface area contributed by atoms with Gasteiger partial charge in [0.1, 0.15) is 24.4 Å². The topological polar surface area (TPSA) is 56.7 Å². The number of fused-ring (bicyclic) bond motifs is 2. The van der Waals surface area contributed by atoms with Gasteiger partial charge in [-0.25, -0.2) is 9.37 Å². The number of alkyl halides is 6. The number of hydrogen-bond acceptors (Lipinski definition) is 5. The van der Waals surface area contributed by atoms with Gasteiger partial charge in [0.15, 0.2) is 0 Å². The van der Waals surface area contributed by atoms with Gasteiger partial charge >= 0.3 is 23.7 Å². The first-order valence-electron chi connectivity index (χ1n) is 24.5. The number of aryl methyl sites for hydroxylation is 2. The Morgan fingerprint density at radius 3 is 1.61 bits per heavy atom. The van der Waals surface area contributed by atoms with Crippen LogP contribution in [-0.2, 0) is 0 Å². The van der Waals surface area contributed by atoms with E-state index in [0.717, 1.165) is 98.7 Å². The maximum absolute atomic E-state index is 16.0. The van der Waals surface area contributed by atoms with Gasteiger partial charge in [-0.1, -0.05) is 84.9 Å². The molecule has 0 amide bonds. The summed E-state index contributed by atoms with van der Waals surface area (Å²) in [5.41, 5.74) is 5.05. The van der Waals surface area contributed by atoms with Gasteiger partial charge in [-0.15, -0.1) is 22.7 Å². The number of carboxylic acids is 1. The summed E-state index contributed by atoms with van der Waals surface area (Å²) in [5, 5.41) is 12.4. The molecule has 7 aromatic rings. The number of aromatic carboxylic acids is 1. The van der Waals surface area contributed by atoms with Crippen molar-refractivity contribution in [3.8, 4) is 65.6 Å². The number of nitrogens with zero attached hydrogens (tertiary/aromatic N) is 2. The Labute approximate surface area is 433 Å². The van der Waals surface area contributed by atoms with Gasteiger partial charge in [-0.3, -0.25) is 0 Å². The minimum Gasteiger partial charge on any atom is -0.478 e. The fraction of sp³-hybridized carbons (Fsp3) is 0.213. The molecule has 1 N–H and O–H groups in total. The molecule has 3 heterocycles. The number of hydrogen-bond donors (Lipinski definition) is 1. The lowest BCUT2D eigenvalue weighted by molar-refractivity contribution is -0.254. The van der Waals surface area contributed by atoms with Crippen LogP contribution in [-0.4, -0.2) is 55.0 Å². The second-order valence-electron chi connectivity index (χ2n) is 18.4. The third-order valence-electron chi connectivity index (χ3n) is 14.3. The van der Waals surface area contributed by atoms with Gasteiger partial charge in [-0.05, 0) is 134 Å². The largest absolute Gasteiger partial charge is 0.478 e. The fourth-order valence-electron chi connectivity index (χ4n) is 10.3. The molecule has 0 radical (unpaired) electrons. The van der Waals surface area contributed by atoms with Crippen molar-refractivity contribution in [1.82, 2.24) is 4.58 Å². The Kier molecular flexibility index (Phi) is 13.1. The molecule has 0 fully saturated rings. The molecule has 0 atom stereocenters. The van der Waals surface area contributed by atoms with Crippen LogP contribution < -0.4 is 14.8 Å². The average Bonchev–Trinajstić information content (AvgIpc) is 4.02. The van der Waals surface area contributed by atoms with E-state index in [4.69, 9.17) is 4.42 Å². The standard InChI is InChI=1S/C61H50F6N2O3S2/c1-7-68(8-2)43-25-28-46-51(31-43)72-52-32-44(69(9-3)10-4)26-29-47(52)55(46)50-30-42(24-27-45(50)58(70)71)39-18-16-37(17-19-39)38-20-22-41(23-21-38)54-34-49(36(6)74-54)57-56(59(62,63)61(66,67)60(57,64)65)48-33-53(73-35(48)5)40-14-12-11-13-15-40/h11-34H,7-10H2,1-6H3/p+1. The molecule has 13 heteroatoms. The molecule has 10 rings (SSSR count). The zero-order chi connectivity index (χ0) is 52.4. The van der Waals surface area contributed by atoms with Crippen LogP contribution >= 0.6 is 22.7 Å². The van der Waals surface area contributed by atoms with Crippen molar-refractivity contribution in [3.05, 3.63) is 177 Å². The maximum atomic E-state index is 16.0. The first-order valence-corrected chi connectivity index (χ1v) is 26.1. The number of thiophene rings is 2. The molecule has 0 spiro atoms. The van der Waals surface area contributed by atoms with Crippen molar-refractivity contribution in [2.75, 3.05) is 31.1 Å². The second-order valence-corrected chi connectivity index (χ2v) is 20.9. The number of carbonyl (C=O) groups is 1. The van der Waals surface area contributed by atoms with E-state index in [-0.39, 0.29) is 26.4 Å². The summed E-state index contributed by atoms with van der Waals surface area (Å²) in [6.07, 6.45) is 0. The molecule has 3 aliphatic rings. The summed E-state index contributed by atoms with van der Waals surface area (Å²) < 4.78 is 104. The van der Waals surface area contributed by atoms with Crippen LogP contribution in [0.5, 0.6) is 0 Å². The lowest BCUT2D eigenvalue weighted by Gasteiger charge is -2.25. The molecule has 2 aliphatic carbocycles. The summed E-state index contributed by atoms with van der Waals surface area (Å²) in [5.74, 6) is -16.4. The number of benzene rings is 6. The van der Waals surface area contributed by atoms with E-state index < -0.39 is 34.9 Å². The van der Waals surface area contributed by atoms with E-state index >= 15 is 26.3 Å². The smallest absolute Gasteiger partial charge is 0.380 e. The van der Waals surface area contributed by atoms with E-state index in [1.165, 1.54) is 26.0 Å². The number of anilines is 1. The lowest BCUT2D eigenvalue weighted by Crippen LogP contribution is -2.48.